The van der Waals surface area contributed by atoms with Crippen LogP contribution < -0.4 is 15.5 Å². The van der Waals surface area contributed by atoms with E-state index in [1.54, 1.807) is 0 Å². The van der Waals surface area contributed by atoms with Crippen molar-refractivity contribution in [3.05, 3.63) is 28.2 Å². The van der Waals surface area contributed by atoms with Gasteiger partial charge in [-0.3, -0.25) is 4.90 Å². The van der Waals surface area contributed by atoms with Crippen molar-refractivity contribution in [3.8, 4) is 0 Å². The Morgan fingerprint density at radius 3 is 2.62 bits per heavy atom. The van der Waals surface area contributed by atoms with E-state index in [1.807, 2.05) is 25.1 Å². The standard InChI is InChI=1S/C19H28Cl2N4O/c1-2-22-19(26)23-15-12-14(13-15)6-7-24-8-10-25(11-9-24)17-5-3-4-16(20)18(17)21/h3-5,14-15H,2,6-13H2,1H3,(H2,22,23,26)/t14-,15-. The lowest BCUT2D eigenvalue weighted by molar-refractivity contribution is 0.169. The number of benzene rings is 1. The molecule has 2 aliphatic rings. The van der Waals surface area contributed by atoms with Gasteiger partial charge in [0.05, 0.1) is 15.7 Å². The highest BCUT2D eigenvalue weighted by Crippen LogP contribution is 2.33. The third-order valence-electron chi connectivity index (χ3n) is 5.41. The summed E-state index contributed by atoms with van der Waals surface area (Å²) in [5.41, 5.74) is 1.04. The molecule has 1 aliphatic carbocycles. The van der Waals surface area contributed by atoms with Crippen LogP contribution in [0.15, 0.2) is 18.2 Å². The number of hydrogen-bond donors (Lipinski definition) is 2. The smallest absolute Gasteiger partial charge is 0.314 e. The average Bonchev–Trinajstić information content (AvgIpc) is 2.60. The van der Waals surface area contributed by atoms with Crippen molar-refractivity contribution >= 4 is 34.9 Å². The Balaban J connectivity index is 1.34. The Morgan fingerprint density at radius 2 is 1.92 bits per heavy atom. The van der Waals surface area contributed by atoms with E-state index in [0.717, 1.165) is 57.2 Å². The highest BCUT2D eigenvalue weighted by Gasteiger charge is 2.30. The number of anilines is 1. The van der Waals surface area contributed by atoms with Crippen molar-refractivity contribution in [2.45, 2.75) is 32.2 Å². The molecule has 1 aromatic rings. The summed E-state index contributed by atoms with van der Waals surface area (Å²) in [4.78, 5) is 16.3. The number of piperazine rings is 1. The van der Waals surface area contributed by atoms with Gasteiger partial charge in [-0.1, -0.05) is 29.3 Å². The lowest BCUT2D eigenvalue weighted by atomic mass is 9.78. The van der Waals surface area contributed by atoms with Crippen LogP contribution >= 0.6 is 23.2 Å². The molecule has 0 spiro atoms. The van der Waals surface area contributed by atoms with Crippen LogP contribution in [0.3, 0.4) is 0 Å². The van der Waals surface area contributed by atoms with Crippen LogP contribution in [0.2, 0.25) is 10.0 Å². The third-order valence-corrected chi connectivity index (χ3v) is 6.21. The van der Waals surface area contributed by atoms with E-state index in [1.165, 1.54) is 6.42 Å². The van der Waals surface area contributed by atoms with Crippen LogP contribution in [0.25, 0.3) is 0 Å². The number of nitrogens with zero attached hydrogens (tertiary/aromatic N) is 2. The summed E-state index contributed by atoms with van der Waals surface area (Å²) in [6.07, 6.45) is 3.43. The van der Waals surface area contributed by atoms with Crippen molar-refractivity contribution in [1.82, 2.24) is 15.5 Å². The predicted molar refractivity (Wildman–Crippen MR) is 108 cm³/mol. The maximum atomic E-state index is 11.5. The zero-order valence-corrected chi connectivity index (χ0v) is 16.8. The van der Waals surface area contributed by atoms with Crippen LogP contribution in [0, 0.1) is 5.92 Å². The molecule has 1 saturated heterocycles. The van der Waals surface area contributed by atoms with Crippen LogP contribution in [0.1, 0.15) is 26.2 Å². The van der Waals surface area contributed by atoms with E-state index in [2.05, 4.69) is 20.4 Å². The van der Waals surface area contributed by atoms with E-state index in [4.69, 9.17) is 23.2 Å². The normalized spacial score (nSPS) is 23.4. The molecule has 2 N–H and O–H groups in total. The van der Waals surface area contributed by atoms with Gasteiger partial charge in [-0.15, -0.1) is 0 Å². The molecule has 2 fully saturated rings. The van der Waals surface area contributed by atoms with Gasteiger partial charge in [-0.2, -0.15) is 0 Å². The lowest BCUT2D eigenvalue weighted by Gasteiger charge is -2.39. The van der Waals surface area contributed by atoms with Crippen molar-refractivity contribution in [2.24, 2.45) is 5.92 Å². The van der Waals surface area contributed by atoms with Gasteiger partial charge in [0, 0.05) is 38.8 Å². The second kappa shape index (κ2) is 9.16. The molecule has 0 radical (unpaired) electrons. The molecule has 144 valence electrons. The van der Waals surface area contributed by atoms with Gasteiger partial charge in [0.25, 0.3) is 0 Å². The number of hydrogen-bond acceptors (Lipinski definition) is 3. The first-order valence-corrected chi connectivity index (χ1v) is 10.3. The van der Waals surface area contributed by atoms with E-state index >= 15 is 0 Å². The quantitative estimate of drug-likeness (QED) is 0.769. The van der Waals surface area contributed by atoms with Gasteiger partial charge in [-0.05, 0) is 50.8 Å². The maximum Gasteiger partial charge on any atom is 0.314 e. The summed E-state index contributed by atoms with van der Waals surface area (Å²) < 4.78 is 0. The zero-order valence-electron chi connectivity index (χ0n) is 15.3. The Kier molecular flexibility index (Phi) is 6.90. The van der Waals surface area contributed by atoms with Crippen LogP contribution in [-0.4, -0.2) is 56.2 Å². The molecule has 0 aromatic heterocycles. The van der Waals surface area contributed by atoms with Crippen molar-refractivity contribution in [3.63, 3.8) is 0 Å². The Morgan fingerprint density at radius 1 is 1.19 bits per heavy atom. The third kappa shape index (κ3) is 4.96. The summed E-state index contributed by atoms with van der Waals surface area (Å²) in [7, 11) is 0. The zero-order chi connectivity index (χ0) is 18.5. The Labute approximate surface area is 166 Å². The van der Waals surface area contributed by atoms with Gasteiger partial charge in [-0.25, -0.2) is 4.79 Å². The first kappa shape index (κ1) is 19.6. The van der Waals surface area contributed by atoms with E-state index < -0.39 is 0 Å². The van der Waals surface area contributed by atoms with Gasteiger partial charge in [0.1, 0.15) is 0 Å². The molecule has 3 rings (SSSR count). The highest BCUT2D eigenvalue weighted by atomic mass is 35.5. The molecular weight excluding hydrogens is 371 g/mol. The molecule has 0 atom stereocenters. The number of nitrogens with one attached hydrogen (secondary N) is 2. The van der Waals surface area contributed by atoms with Crippen molar-refractivity contribution < 1.29 is 4.79 Å². The molecule has 1 saturated carbocycles. The van der Waals surface area contributed by atoms with E-state index in [9.17, 15) is 4.79 Å². The van der Waals surface area contributed by atoms with Crippen LogP contribution in [-0.2, 0) is 0 Å². The molecule has 0 unspecified atom stereocenters. The summed E-state index contributed by atoms with van der Waals surface area (Å²) in [5, 5.41) is 7.09. The number of carbonyl (C=O) groups is 1. The molecule has 1 aliphatic heterocycles. The fourth-order valence-electron chi connectivity index (χ4n) is 3.80. The maximum absolute atomic E-state index is 11.5. The summed E-state index contributed by atoms with van der Waals surface area (Å²) in [6.45, 7) is 7.80. The van der Waals surface area contributed by atoms with E-state index in [-0.39, 0.29) is 6.03 Å². The van der Waals surface area contributed by atoms with Crippen LogP contribution in [0.4, 0.5) is 10.5 Å². The summed E-state index contributed by atoms with van der Waals surface area (Å²) in [5.74, 6) is 0.738. The SMILES string of the molecule is CCNC(=O)N[C@H]1C[C@H](CCN2CCN(c3cccc(Cl)c3Cl)CC2)C1. The second-order valence-electron chi connectivity index (χ2n) is 7.23. The predicted octanol–water partition coefficient (Wildman–Crippen LogP) is 3.60. The minimum Gasteiger partial charge on any atom is -0.368 e. The molecule has 26 heavy (non-hydrogen) atoms. The minimum absolute atomic E-state index is 0.0354. The molecule has 2 amide bonds. The van der Waals surface area contributed by atoms with E-state index in [0.29, 0.717) is 22.6 Å². The first-order valence-electron chi connectivity index (χ1n) is 9.52. The number of halogens is 2. The number of urea groups is 1. The summed E-state index contributed by atoms with van der Waals surface area (Å²) >= 11 is 12.5. The lowest BCUT2D eigenvalue weighted by Crippen LogP contribution is -2.50. The second-order valence-corrected chi connectivity index (χ2v) is 8.01. The molecule has 5 nitrogen and oxygen atoms in total. The number of amides is 2. The van der Waals surface area contributed by atoms with Gasteiger partial charge in [0.15, 0.2) is 0 Å². The fourth-order valence-corrected chi connectivity index (χ4v) is 4.22. The van der Waals surface area contributed by atoms with Crippen LogP contribution in [0.5, 0.6) is 0 Å². The molecular formula is C19H28Cl2N4O. The average molecular weight is 399 g/mol. The van der Waals surface area contributed by atoms with Gasteiger partial charge in [0.2, 0.25) is 0 Å². The highest BCUT2D eigenvalue weighted by molar-refractivity contribution is 6.43. The Hall–Kier alpha value is -1.17. The molecule has 1 aromatic carbocycles. The minimum atomic E-state index is -0.0354. The van der Waals surface area contributed by atoms with Crippen molar-refractivity contribution in [2.75, 3.05) is 44.2 Å². The Bertz CT molecular complexity index is 614. The molecule has 7 heteroatoms. The van der Waals surface area contributed by atoms with Crippen molar-refractivity contribution in [1.29, 1.82) is 0 Å². The number of carbonyl (C=O) groups excluding carboxylic acids is 1. The van der Waals surface area contributed by atoms with Gasteiger partial charge < -0.3 is 15.5 Å². The monoisotopic (exact) mass is 398 g/mol. The molecule has 1 heterocycles. The number of rotatable bonds is 6. The topological polar surface area (TPSA) is 47.6 Å². The largest absolute Gasteiger partial charge is 0.368 e. The molecule has 0 bridgehead atoms. The first-order chi connectivity index (χ1) is 12.6. The van der Waals surface area contributed by atoms with Gasteiger partial charge >= 0.3 is 6.03 Å². The fraction of sp³-hybridized carbons (Fsp3) is 0.632. The summed E-state index contributed by atoms with van der Waals surface area (Å²) in [6, 6.07) is 6.15.